The van der Waals surface area contributed by atoms with E-state index in [0.717, 1.165) is 24.1 Å². The number of anilines is 2. The maximum Gasteiger partial charge on any atom is 0.252 e. The van der Waals surface area contributed by atoms with Gasteiger partial charge in [-0.15, -0.1) is 0 Å². The van der Waals surface area contributed by atoms with Gasteiger partial charge in [0.25, 0.3) is 5.91 Å². The van der Waals surface area contributed by atoms with E-state index in [0.29, 0.717) is 22.8 Å². The lowest BCUT2D eigenvalue weighted by atomic mass is 10.0. The number of rotatable bonds is 6. The van der Waals surface area contributed by atoms with Crippen molar-refractivity contribution < 1.29 is 17.9 Å². The number of fused-ring (bicyclic) bond motifs is 1. The van der Waals surface area contributed by atoms with E-state index in [1.165, 1.54) is 7.11 Å². The number of carbonyl (C=O) groups is 1. The van der Waals surface area contributed by atoms with Crippen molar-refractivity contribution in [1.29, 1.82) is 0 Å². The molecule has 0 bridgehead atoms. The third-order valence-corrected chi connectivity index (χ3v) is 5.78. The largest absolute Gasteiger partial charge is 0.375 e. The lowest BCUT2D eigenvalue weighted by Gasteiger charge is -2.29. The predicted octanol–water partition coefficient (Wildman–Crippen LogP) is 3.21. The molecule has 0 fully saturated rings. The number of amides is 1. The summed E-state index contributed by atoms with van der Waals surface area (Å²) in [5.41, 5.74) is 2.84. The maximum absolute atomic E-state index is 12.5. The van der Waals surface area contributed by atoms with Crippen molar-refractivity contribution in [3.05, 3.63) is 58.6 Å². The van der Waals surface area contributed by atoms with Gasteiger partial charge in [0.05, 0.1) is 5.75 Å². The Balaban J connectivity index is 1.77. The zero-order valence-corrected chi connectivity index (χ0v) is 16.5. The minimum absolute atomic E-state index is 0.0213. The molecular formula is C19H21ClN2O4S. The van der Waals surface area contributed by atoms with Crippen molar-refractivity contribution in [2.24, 2.45) is 0 Å². The van der Waals surface area contributed by atoms with Crippen LogP contribution in [0.25, 0.3) is 0 Å². The first kappa shape index (κ1) is 19.7. The highest BCUT2D eigenvalue weighted by molar-refractivity contribution is 7.91. The number of carbonyl (C=O) groups excluding carboxylic acids is 1. The van der Waals surface area contributed by atoms with Gasteiger partial charge in [-0.1, -0.05) is 23.7 Å². The van der Waals surface area contributed by atoms with E-state index in [-0.39, 0.29) is 18.3 Å². The van der Waals surface area contributed by atoms with Gasteiger partial charge in [0.1, 0.15) is 6.61 Å². The van der Waals surface area contributed by atoms with Gasteiger partial charge in [-0.3, -0.25) is 9.52 Å². The average Bonchev–Trinajstić information content (AvgIpc) is 2.60. The van der Waals surface area contributed by atoms with Crippen molar-refractivity contribution in [2.45, 2.75) is 18.6 Å². The van der Waals surface area contributed by atoms with Crippen LogP contribution in [0.3, 0.4) is 0 Å². The second kappa shape index (κ2) is 8.29. The summed E-state index contributed by atoms with van der Waals surface area (Å²) in [6.45, 7) is 0.655. The van der Waals surface area contributed by atoms with Crippen molar-refractivity contribution in [2.75, 3.05) is 29.9 Å². The summed E-state index contributed by atoms with van der Waals surface area (Å²) >= 11 is 5.92. The summed E-state index contributed by atoms with van der Waals surface area (Å²) in [6, 6.07) is 12.0. The summed E-state index contributed by atoms with van der Waals surface area (Å²) in [5.74, 6) is -0.268. The van der Waals surface area contributed by atoms with Gasteiger partial charge in [0, 0.05) is 30.1 Å². The van der Waals surface area contributed by atoms with Crippen LogP contribution in [-0.2, 0) is 31.7 Å². The molecule has 0 spiro atoms. The van der Waals surface area contributed by atoms with Gasteiger partial charge in [-0.05, 0) is 54.3 Å². The first-order valence-electron chi connectivity index (χ1n) is 8.55. The van der Waals surface area contributed by atoms with Crippen LogP contribution in [0, 0.1) is 0 Å². The Labute approximate surface area is 164 Å². The maximum atomic E-state index is 12.5. The standard InChI is InChI=1S/C19H21ClN2O4S/c1-26-12-19(23)22-9-3-5-15-11-17(7-8-18(15)22)21-27(24,25)13-14-4-2-6-16(20)10-14/h2,4,6-8,10-11,21H,3,5,9,12-13H2,1H3. The molecule has 0 radical (unpaired) electrons. The van der Waals surface area contributed by atoms with Gasteiger partial charge < -0.3 is 9.64 Å². The fourth-order valence-corrected chi connectivity index (χ4v) is 4.57. The van der Waals surface area contributed by atoms with E-state index >= 15 is 0 Å². The summed E-state index contributed by atoms with van der Waals surface area (Å²) in [7, 11) is -2.09. The minimum Gasteiger partial charge on any atom is -0.375 e. The summed E-state index contributed by atoms with van der Waals surface area (Å²) in [5, 5.41) is 0.497. The molecule has 0 aromatic heterocycles. The molecule has 3 rings (SSSR count). The molecule has 2 aromatic rings. The zero-order chi connectivity index (χ0) is 19.4. The first-order chi connectivity index (χ1) is 12.9. The Kier molecular flexibility index (Phi) is 6.04. The predicted molar refractivity (Wildman–Crippen MR) is 107 cm³/mol. The summed E-state index contributed by atoms with van der Waals surface area (Å²) in [4.78, 5) is 13.9. The average molecular weight is 409 g/mol. The molecule has 1 amide bonds. The molecule has 6 nitrogen and oxygen atoms in total. The number of nitrogens with zero attached hydrogens (tertiary/aromatic N) is 1. The summed E-state index contributed by atoms with van der Waals surface area (Å²) in [6.07, 6.45) is 1.61. The molecule has 1 aliphatic heterocycles. The number of benzene rings is 2. The highest BCUT2D eigenvalue weighted by atomic mass is 35.5. The molecular weight excluding hydrogens is 388 g/mol. The highest BCUT2D eigenvalue weighted by Crippen LogP contribution is 2.30. The van der Waals surface area contributed by atoms with E-state index < -0.39 is 10.0 Å². The normalized spacial score (nSPS) is 13.9. The molecule has 0 unspecified atom stereocenters. The SMILES string of the molecule is COCC(=O)N1CCCc2cc(NS(=O)(=O)Cc3cccc(Cl)c3)ccc21. The monoisotopic (exact) mass is 408 g/mol. The number of nitrogens with one attached hydrogen (secondary N) is 1. The first-order valence-corrected chi connectivity index (χ1v) is 10.6. The lowest BCUT2D eigenvalue weighted by molar-refractivity contribution is -0.122. The van der Waals surface area contributed by atoms with Crippen LogP contribution < -0.4 is 9.62 Å². The van der Waals surface area contributed by atoms with Crippen LogP contribution in [0.1, 0.15) is 17.5 Å². The summed E-state index contributed by atoms with van der Waals surface area (Å²) < 4.78 is 32.5. The Bertz CT molecular complexity index is 946. The second-order valence-corrected chi connectivity index (χ2v) is 8.58. The zero-order valence-electron chi connectivity index (χ0n) is 14.9. The van der Waals surface area contributed by atoms with Crippen LogP contribution in [0.15, 0.2) is 42.5 Å². The number of ether oxygens (including phenoxy) is 1. The van der Waals surface area contributed by atoms with Crippen LogP contribution >= 0.6 is 11.6 Å². The van der Waals surface area contributed by atoms with Crippen molar-refractivity contribution in [3.8, 4) is 0 Å². The number of methoxy groups -OCH3 is 1. The van der Waals surface area contributed by atoms with E-state index in [1.54, 1.807) is 47.4 Å². The van der Waals surface area contributed by atoms with E-state index in [1.807, 2.05) is 0 Å². The second-order valence-electron chi connectivity index (χ2n) is 6.42. The van der Waals surface area contributed by atoms with Crippen LogP contribution in [0.5, 0.6) is 0 Å². The number of sulfonamides is 1. The minimum atomic E-state index is -3.58. The molecule has 0 saturated heterocycles. The molecule has 1 aliphatic rings. The molecule has 144 valence electrons. The lowest BCUT2D eigenvalue weighted by Crippen LogP contribution is -2.37. The van der Waals surface area contributed by atoms with Crippen molar-refractivity contribution in [1.82, 2.24) is 0 Å². The Morgan fingerprint density at radius 3 is 2.81 bits per heavy atom. The molecule has 1 heterocycles. The molecule has 1 N–H and O–H groups in total. The molecule has 0 aliphatic carbocycles. The van der Waals surface area contributed by atoms with E-state index in [4.69, 9.17) is 16.3 Å². The van der Waals surface area contributed by atoms with Crippen LogP contribution in [0.2, 0.25) is 5.02 Å². The molecule has 8 heteroatoms. The molecule has 0 saturated carbocycles. The van der Waals surface area contributed by atoms with E-state index in [9.17, 15) is 13.2 Å². The smallest absolute Gasteiger partial charge is 0.252 e. The quantitative estimate of drug-likeness (QED) is 0.796. The Hall–Kier alpha value is -2.09. The Morgan fingerprint density at radius 2 is 2.07 bits per heavy atom. The Morgan fingerprint density at radius 1 is 1.26 bits per heavy atom. The highest BCUT2D eigenvalue weighted by Gasteiger charge is 2.23. The number of hydrogen-bond donors (Lipinski definition) is 1. The number of aryl methyl sites for hydroxylation is 1. The number of hydrogen-bond acceptors (Lipinski definition) is 4. The van der Waals surface area contributed by atoms with Gasteiger partial charge in [0.2, 0.25) is 10.0 Å². The van der Waals surface area contributed by atoms with Gasteiger partial charge >= 0.3 is 0 Å². The fraction of sp³-hybridized carbons (Fsp3) is 0.316. The van der Waals surface area contributed by atoms with Crippen molar-refractivity contribution in [3.63, 3.8) is 0 Å². The van der Waals surface area contributed by atoms with Gasteiger partial charge in [-0.25, -0.2) is 8.42 Å². The third-order valence-electron chi connectivity index (χ3n) is 4.29. The van der Waals surface area contributed by atoms with Crippen LogP contribution in [-0.4, -0.2) is 34.6 Å². The topological polar surface area (TPSA) is 75.7 Å². The third kappa shape index (κ3) is 5.00. The van der Waals surface area contributed by atoms with E-state index in [2.05, 4.69) is 4.72 Å². The van der Waals surface area contributed by atoms with Crippen molar-refractivity contribution >= 4 is 38.9 Å². The van der Waals surface area contributed by atoms with Gasteiger partial charge in [-0.2, -0.15) is 0 Å². The van der Waals surface area contributed by atoms with Crippen LogP contribution in [0.4, 0.5) is 11.4 Å². The molecule has 2 aromatic carbocycles. The molecule has 0 atom stereocenters. The van der Waals surface area contributed by atoms with Gasteiger partial charge in [0.15, 0.2) is 0 Å². The fourth-order valence-electron chi connectivity index (χ4n) is 3.18. The molecule has 27 heavy (non-hydrogen) atoms. The number of halogens is 1.